The highest BCUT2D eigenvalue weighted by Gasteiger charge is 2.09. The number of rotatable bonds is 7. The van der Waals surface area contributed by atoms with Gasteiger partial charge >= 0.3 is 5.97 Å². The molecular weight excluding hydrogens is 274 g/mol. The lowest BCUT2D eigenvalue weighted by Crippen LogP contribution is -2.30. The summed E-state index contributed by atoms with van der Waals surface area (Å²) < 4.78 is 4.85. The molecule has 0 aliphatic carbocycles. The Morgan fingerprint density at radius 3 is 2.38 bits per heavy atom. The number of aliphatic carboxylic acids is 1. The van der Waals surface area contributed by atoms with Crippen molar-refractivity contribution in [1.29, 1.82) is 0 Å². The van der Waals surface area contributed by atoms with Gasteiger partial charge in [0.25, 0.3) is 0 Å². The molecule has 0 aliphatic rings. The lowest BCUT2D eigenvalue weighted by atomic mass is 10.1. The van der Waals surface area contributed by atoms with Crippen LogP contribution in [0, 0.1) is 5.92 Å². The molecule has 1 N–H and O–H groups in total. The van der Waals surface area contributed by atoms with E-state index in [9.17, 15) is 19.5 Å². The van der Waals surface area contributed by atoms with E-state index in [4.69, 9.17) is 4.74 Å². The first kappa shape index (κ1) is 16.7. The summed E-state index contributed by atoms with van der Waals surface area (Å²) in [4.78, 5) is 33.6. The van der Waals surface area contributed by atoms with E-state index in [0.29, 0.717) is 17.9 Å². The van der Waals surface area contributed by atoms with Gasteiger partial charge in [0, 0.05) is 18.1 Å². The van der Waals surface area contributed by atoms with Crippen molar-refractivity contribution in [2.45, 2.75) is 26.7 Å². The second-order valence-corrected chi connectivity index (χ2v) is 4.60. The van der Waals surface area contributed by atoms with Crippen LogP contribution in [-0.4, -0.2) is 24.5 Å². The van der Waals surface area contributed by atoms with Crippen molar-refractivity contribution < 1.29 is 24.2 Å². The molecule has 21 heavy (non-hydrogen) atoms. The van der Waals surface area contributed by atoms with E-state index in [1.807, 2.05) is 0 Å². The molecule has 0 radical (unpaired) electrons. The maximum Gasteiger partial charge on any atom is 0.338 e. The molecule has 0 heterocycles. The normalized spacial score (nSPS) is 11.5. The number of benzene rings is 1. The van der Waals surface area contributed by atoms with Crippen molar-refractivity contribution in [3.63, 3.8) is 0 Å². The van der Waals surface area contributed by atoms with Crippen LogP contribution in [0.25, 0.3) is 0 Å². The Morgan fingerprint density at radius 1 is 1.24 bits per heavy atom. The van der Waals surface area contributed by atoms with Gasteiger partial charge in [0.2, 0.25) is 5.91 Å². The van der Waals surface area contributed by atoms with Crippen molar-refractivity contribution in [3.8, 4) is 0 Å². The Hall–Kier alpha value is -2.37. The summed E-state index contributed by atoms with van der Waals surface area (Å²) in [6.07, 6.45) is 0.309. The van der Waals surface area contributed by atoms with Gasteiger partial charge in [-0.05, 0) is 43.5 Å². The van der Waals surface area contributed by atoms with Gasteiger partial charge in [-0.1, -0.05) is 6.92 Å². The predicted molar refractivity (Wildman–Crippen MR) is 74.4 cm³/mol. The average molecular weight is 292 g/mol. The minimum absolute atomic E-state index is 0.0920. The van der Waals surface area contributed by atoms with Crippen LogP contribution in [-0.2, 0) is 14.3 Å². The topological polar surface area (TPSA) is 95.5 Å². The highest BCUT2D eigenvalue weighted by atomic mass is 16.5. The first-order chi connectivity index (χ1) is 9.93. The zero-order valence-corrected chi connectivity index (χ0v) is 12.0. The van der Waals surface area contributed by atoms with Gasteiger partial charge in [-0.15, -0.1) is 0 Å². The van der Waals surface area contributed by atoms with Crippen LogP contribution < -0.4 is 10.4 Å². The van der Waals surface area contributed by atoms with Crippen LogP contribution >= 0.6 is 0 Å². The highest BCUT2D eigenvalue weighted by Crippen LogP contribution is 2.12. The number of carboxylic acids is 1. The van der Waals surface area contributed by atoms with E-state index in [1.54, 1.807) is 31.2 Å². The molecule has 1 amide bonds. The van der Waals surface area contributed by atoms with Crippen molar-refractivity contribution in [2.24, 2.45) is 5.92 Å². The van der Waals surface area contributed by atoms with Gasteiger partial charge < -0.3 is 20.0 Å². The number of anilines is 1. The molecule has 0 fully saturated rings. The Balaban J connectivity index is 2.50. The Morgan fingerprint density at radius 2 is 1.86 bits per heavy atom. The molecule has 1 aromatic rings. The number of hydrogen-bond donors (Lipinski definition) is 1. The van der Waals surface area contributed by atoms with Crippen LogP contribution in [0.2, 0.25) is 0 Å². The van der Waals surface area contributed by atoms with Crippen molar-refractivity contribution in [2.75, 3.05) is 11.9 Å². The fourth-order valence-corrected chi connectivity index (χ4v) is 1.59. The van der Waals surface area contributed by atoms with Crippen molar-refractivity contribution >= 4 is 23.5 Å². The number of nitrogens with one attached hydrogen (secondary N) is 1. The lowest BCUT2D eigenvalue weighted by molar-refractivity contribution is -0.311. The summed E-state index contributed by atoms with van der Waals surface area (Å²) in [7, 11) is 0. The van der Waals surface area contributed by atoms with E-state index in [2.05, 4.69) is 5.32 Å². The molecule has 1 atom stereocenters. The quantitative estimate of drug-likeness (QED) is 0.755. The molecule has 0 aliphatic heterocycles. The maximum absolute atomic E-state index is 11.6. The Bertz CT molecular complexity index is 509. The lowest BCUT2D eigenvalue weighted by Gasteiger charge is -2.12. The first-order valence-corrected chi connectivity index (χ1v) is 6.72. The van der Waals surface area contributed by atoms with Gasteiger partial charge in [0.05, 0.1) is 12.2 Å². The molecule has 1 rings (SSSR count). The predicted octanol–water partition coefficient (Wildman–Crippen LogP) is 0.968. The standard InChI is InChI=1S/C15H19NO5/c1-3-21-15(20)11-5-7-12(8-6-11)16-13(17)9-4-10(2)14(18)19/h5-8,10H,3-4,9H2,1-2H3,(H,16,17)(H,18,19)/p-1/t10-/m1/s1. The Labute approximate surface area is 123 Å². The summed E-state index contributed by atoms with van der Waals surface area (Å²) in [5, 5.41) is 13.2. The second kappa shape index (κ2) is 8.04. The van der Waals surface area contributed by atoms with Crippen molar-refractivity contribution in [1.82, 2.24) is 0 Å². The smallest absolute Gasteiger partial charge is 0.338 e. The van der Waals surface area contributed by atoms with Gasteiger partial charge in [-0.2, -0.15) is 0 Å². The van der Waals surface area contributed by atoms with Crippen LogP contribution in [0.3, 0.4) is 0 Å². The van der Waals surface area contributed by atoms with Crippen LogP contribution in [0.5, 0.6) is 0 Å². The third-order valence-corrected chi connectivity index (χ3v) is 2.89. The summed E-state index contributed by atoms with van der Waals surface area (Å²) in [5.41, 5.74) is 0.939. The van der Waals surface area contributed by atoms with E-state index in [0.717, 1.165) is 0 Å². The summed E-state index contributed by atoms with van der Waals surface area (Å²) in [6.45, 7) is 3.52. The minimum Gasteiger partial charge on any atom is -0.550 e. The number of esters is 1. The molecule has 6 nitrogen and oxygen atoms in total. The third kappa shape index (κ3) is 5.64. The molecule has 1 aromatic carbocycles. The molecule has 0 saturated carbocycles. The summed E-state index contributed by atoms with van der Waals surface area (Å²) >= 11 is 0. The zero-order valence-electron chi connectivity index (χ0n) is 12.0. The van der Waals surface area contributed by atoms with E-state index in [-0.39, 0.29) is 18.7 Å². The van der Waals surface area contributed by atoms with Gasteiger partial charge in [0.1, 0.15) is 0 Å². The SMILES string of the molecule is CCOC(=O)c1ccc(NC(=O)CC[C@@H](C)C(=O)[O-])cc1. The average Bonchev–Trinajstić information content (AvgIpc) is 2.45. The fourth-order valence-electron chi connectivity index (χ4n) is 1.59. The van der Waals surface area contributed by atoms with E-state index >= 15 is 0 Å². The van der Waals surface area contributed by atoms with Gasteiger partial charge in [-0.3, -0.25) is 4.79 Å². The maximum atomic E-state index is 11.6. The summed E-state index contributed by atoms with van der Waals surface area (Å²) in [5.74, 6) is -2.53. The number of hydrogen-bond acceptors (Lipinski definition) is 5. The van der Waals surface area contributed by atoms with Crippen LogP contribution in [0.4, 0.5) is 5.69 Å². The number of carbonyl (C=O) groups excluding carboxylic acids is 3. The number of ether oxygens (including phenoxy) is 1. The Kier molecular flexibility index (Phi) is 6.39. The second-order valence-electron chi connectivity index (χ2n) is 4.60. The molecule has 0 bridgehead atoms. The molecule has 0 saturated heterocycles. The van der Waals surface area contributed by atoms with Crippen LogP contribution in [0.15, 0.2) is 24.3 Å². The zero-order chi connectivity index (χ0) is 15.8. The summed E-state index contributed by atoms with van der Waals surface area (Å²) in [6, 6.07) is 6.29. The monoisotopic (exact) mass is 292 g/mol. The van der Waals surface area contributed by atoms with E-state index < -0.39 is 17.9 Å². The van der Waals surface area contributed by atoms with E-state index in [1.165, 1.54) is 6.92 Å². The first-order valence-electron chi connectivity index (χ1n) is 6.72. The van der Waals surface area contributed by atoms with Crippen LogP contribution in [0.1, 0.15) is 37.0 Å². The molecule has 114 valence electrons. The largest absolute Gasteiger partial charge is 0.550 e. The number of carbonyl (C=O) groups is 3. The molecule has 0 spiro atoms. The van der Waals surface area contributed by atoms with Gasteiger partial charge in [0.15, 0.2) is 0 Å². The van der Waals surface area contributed by atoms with Crippen molar-refractivity contribution in [3.05, 3.63) is 29.8 Å². The minimum atomic E-state index is -1.17. The van der Waals surface area contributed by atoms with Gasteiger partial charge in [-0.25, -0.2) is 4.79 Å². The molecular formula is C15H18NO5-. The molecule has 0 aromatic heterocycles. The fraction of sp³-hybridized carbons (Fsp3) is 0.400. The number of carboxylic acid groups (broad SMARTS) is 1. The third-order valence-electron chi connectivity index (χ3n) is 2.89. The molecule has 0 unspecified atom stereocenters. The number of amides is 1. The highest BCUT2D eigenvalue weighted by molar-refractivity contribution is 5.93. The molecule has 6 heteroatoms.